The lowest BCUT2D eigenvalue weighted by Crippen LogP contribution is -2.01. The topological polar surface area (TPSA) is 51.0 Å². The number of hydrogen-bond donors (Lipinski definition) is 1. The summed E-state index contributed by atoms with van der Waals surface area (Å²) >= 11 is 0. The lowest BCUT2D eigenvalue weighted by molar-refractivity contribution is 0.460. The number of aromatic nitrogens is 2. The maximum Gasteiger partial charge on any atom is 0.235 e. The quantitative estimate of drug-likeness (QED) is 0.885. The molecule has 1 N–H and O–H groups in total. The van der Waals surface area contributed by atoms with Crippen molar-refractivity contribution < 1.29 is 8.81 Å². The molecule has 0 saturated heterocycles. The van der Waals surface area contributed by atoms with Gasteiger partial charge < -0.3 is 9.73 Å². The molecule has 0 radical (unpaired) electrons. The summed E-state index contributed by atoms with van der Waals surface area (Å²) in [6.07, 6.45) is 0.725. The molecule has 90 valence electrons. The van der Waals surface area contributed by atoms with Crippen LogP contribution >= 0.6 is 0 Å². The fourth-order valence-corrected chi connectivity index (χ4v) is 1.50. The van der Waals surface area contributed by atoms with Crippen LogP contribution in [0.15, 0.2) is 22.6 Å². The largest absolute Gasteiger partial charge is 0.423 e. The molecule has 0 aliphatic carbocycles. The van der Waals surface area contributed by atoms with E-state index in [1.165, 1.54) is 12.1 Å². The Labute approximate surface area is 98.9 Å². The van der Waals surface area contributed by atoms with E-state index in [1.54, 1.807) is 6.07 Å². The molecule has 0 atom stereocenters. The molecule has 2 aromatic rings. The Balaban J connectivity index is 2.02. The van der Waals surface area contributed by atoms with E-state index in [1.807, 2.05) is 13.8 Å². The maximum atomic E-state index is 12.9. The van der Waals surface area contributed by atoms with Crippen molar-refractivity contribution in [2.75, 3.05) is 5.32 Å². The molecule has 1 aromatic heterocycles. The second kappa shape index (κ2) is 4.95. The van der Waals surface area contributed by atoms with E-state index in [4.69, 9.17) is 4.42 Å². The van der Waals surface area contributed by atoms with Gasteiger partial charge in [-0.3, -0.25) is 0 Å². The number of benzene rings is 1. The third-order valence-electron chi connectivity index (χ3n) is 2.43. The minimum atomic E-state index is -0.237. The molecule has 0 spiro atoms. The van der Waals surface area contributed by atoms with Gasteiger partial charge in [-0.15, -0.1) is 10.2 Å². The highest BCUT2D eigenvalue weighted by Crippen LogP contribution is 2.16. The van der Waals surface area contributed by atoms with Gasteiger partial charge in [-0.2, -0.15) is 0 Å². The van der Waals surface area contributed by atoms with Crippen LogP contribution in [-0.2, 0) is 13.0 Å². The molecule has 1 aromatic carbocycles. The van der Waals surface area contributed by atoms with E-state index in [0.29, 0.717) is 18.3 Å². The first-order chi connectivity index (χ1) is 8.19. The molecule has 1 heterocycles. The minimum Gasteiger partial charge on any atom is -0.423 e. The first-order valence-corrected chi connectivity index (χ1v) is 5.50. The Bertz CT molecular complexity index is 510. The first-order valence-electron chi connectivity index (χ1n) is 5.50. The average molecular weight is 235 g/mol. The van der Waals surface area contributed by atoms with Gasteiger partial charge in [0.25, 0.3) is 0 Å². The van der Waals surface area contributed by atoms with Crippen molar-refractivity contribution >= 4 is 5.69 Å². The standard InChI is InChI=1S/C12H14FN3O/c1-3-11-15-16-12(17-11)7-14-10-5-4-9(13)6-8(10)2/h4-6,14H,3,7H2,1-2H3. The third-order valence-corrected chi connectivity index (χ3v) is 2.43. The highest BCUT2D eigenvalue weighted by molar-refractivity contribution is 5.50. The molecular formula is C12H14FN3O. The van der Waals surface area contributed by atoms with Gasteiger partial charge >= 0.3 is 0 Å². The Morgan fingerprint density at radius 1 is 1.29 bits per heavy atom. The zero-order valence-corrected chi connectivity index (χ0v) is 9.83. The number of nitrogens with zero attached hydrogens (tertiary/aromatic N) is 2. The van der Waals surface area contributed by atoms with Gasteiger partial charge in [0.15, 0.2) is 0 Å². The summed E-state index contributed by atoms with van der Waals surface area (Å²) in [5.41, 5.74) is 1.71. The molecule has 0 aliphatic rings. The minimum absolute atomic E-state index is 0.237. The van der Waals surface area contributed by atoms with Crippen molar-refractivity contribution in [3.05, 3.63) is 41.4 Å². The molecule has 5 heteroatoms. The number of nitrogens with one attached hydrogen (secondary N) is 1. The van der Waals surface area contributed by atoms with E-state index < -0.39 is 0 Å². The highest BCUT2D eigenvalue weighted by Gasteiger charge is 2.05. The van der Waals surface area contributed by atoms with Crippen molar-refractivity contribution in [2.24, 2.45) is 0 Å². The Morgan fingerprint density at radius 2 is 2.06 bits per heavy atom. The molecule has 0 bridgehead atoms. The summed E-state index contributed by atoms with van der Waals surface area (Å²) in [5.74, 6) is 0.919. The van der Waals surface area contributed by atoms with Crippen LogP contribution in [0.25, 0.3) is 0 Å². The van der Waals surface area contributed by atoms with Gasteiger partial charge in [-0.25, -0.2) is 4.39 Å². The van der Waals surface area contributed by atoms with Crippen LogP contribution in [0, 0.1) is 12.7 Å². The van der Waals surface area contributed by atoms with Crippen molar-refractivity contribution in [3.8, 4) is 0 Å². The molecule has 4 nitrogen and oxygen atoms in total. The average Bonchev–Trinajstić information content (AvgIpc) is 2.76. The van der Waals surface area contributed by atoms with Crippen LogP contribution in [0.4, 0.5) is 10.1 Å². The fraction of sp³-hybridized carbons (Fsp3) is 0.333. The predicted octanol–water partition coefficient (Wildman–Crippen LogP) is 2.69. The lowest BCUT2D eigenvalue weighted by Gasteiger charge is -2.06. The molecule has 0 unspecified atom stereocenters. The van der Waals surface area contributed by atoms with Gasteiger partial charge in [-0.1, -0.05) is 6.92 Å². The molecule has 2 rings (SSSR count). The Hall–Kier alpha value is -1.91. The first kappa shape index (κ1) is 11.6. The second-order valence-electron chi connectivity index (χ2n) is 3.76. The molecule has 0 saturated carbocycles. The van der Waals surface area contributed by atoms with Crippen LogP contribution in [0.1, 0.15) is 24.3 Å². The van der Waals surface area contributed by atoms with Crippen LogP contribution in [0.5, 0.6) is 0 Å². The zero-order valence-electron chi connectivity index (χ0n) is 9.83. The maximum absolute atomic E-state index is 12.9. The molecule has 17 heavy (non-hydrogen) atoms. The van der Waals surface area contributed by atoms with Crippen molar-refractivity contribution in [1.29, 1.82) is 0 Å². The summed E-state index contributed by atoms with van der Waals surface area (Å²) in [6.45, 7) is 4.24. The van der Waals surface area contributed by atoms with Gasteiger partial charge in [0, 0.05) is 12.1 Å². The summed E-state index contributed by atoms with van der Waals surface area (Å²) in [7, 11) is 0. The monoisotopic (exact) mass is 235 g/mol. The number of halogens is 1. The molecule has 0 amide bonds. The van der Waals surface area contributed by atoms with Crippen molar-refractivity contribution in [1.82, 2.24) is 10.2 Å². The van der Waals surface area contributed by atoms with Gasteiger partial charge in [0.2, 0.25) is 11.8 Å². The van der Waals surface area contributed by atoms with Crippen LogP contribution in [-0.4, -0.2) is 10.2 Å². The van der Waals surface area contributed by atoms with E-state index in [-0.39, 0.29) is 5.82 Å². The van der Waals surface area contributed by atoms with Crippen LogP contribution < -0.4 is 5.32 Å². The molecule has 0 aliphatic heterocycles. The summed E-state index contributed by atoms with van der Waals surface area (Å²) in [5, 5.41) is 10.9. The summed E-state index contributed by atoms with van der Waals surface area (Å²) < 4.78 is 18.3. The normalized spacial score (nSPS) is 10.5. The summed E-state index contributed by atoms with van der Waals surface area (Å²) in [4.78, 5) is 0. The summed E-state index contributed by atoms with van der Waals surface area (Å²) in [6, 6.07) is 4.59. The predicted molar refractivity (Wildman–Crippen MR) is 62.1 cm³/mol. The van der Waals surface area contributed by atoms with E-state index in [9.17, 15) is 4.39 Å². The Morgan fingerprint density at radius 3 is 2.71 bits per heavy atom. The number of rotatable bonds is 4. The zero-order chi connectivity index (χ0) is 12.3. The smallest absolute Gasteiger partial charge is 0.235 e. The van der Waals surface area contributed by atoms with Gasteiger partial charge in [0.05, 0.1) is 6.54 Å². The number of hydrogen-bond acceptors (Lipinski definition) is 4. The number of aryl methyl sites for hydroxylation is 2. The van der Waals surface area contributed by atoms with Crippen LogP contribution in [0.2, 0.25) is 0 Å². The van der Waals surface area contributed by atoms with E-state index in [2.05, 4.69) is 15.5 Å². The lowest BCUT2D eigenvalue weighted by atomic mass is 10.2. The SMILES string of the molecule is CCc1nnc(CNc2ccc(F)cc2C)o1. The fourth-order valence-electron chi connectivity index (χ4n) is 1.50. The van der Waals surface area contributed by atoms with Crippen LogP contribution in [0.3, 0.4) is 0 Å². The van der Waals surface area contributed by atoms with Crippen molar-refractivity contribution in [2.45, 2.75) is 26.8 Å². The van der Waals surface area contributed by atoms with E-state index in [0.717, 1.165) is 17.7 Å². The van der Waals surface area contributed by atoms with E-state index >= 15 is 0 Å². The highest BCUT2D eigenvalue weighted by atomic mass is 19.1. The van der Waals surface area contributed by atoms with Gasteiger partial charge in [0.1, 0.15) is 5.82 Å². The molecule has 0 fully saturated rings. The molecular weight excluding hydrogens is 221 g/mol. The Kier molecular flexibility index (Phi) is 3.37. The second-order valence-corrected chi connectivity index (χ2v) is 3.76. The third kappa shape index (κ3) is 2.81. The number of anilines is 1. The van der Waals surface area contributed by atoms with Crippen molar-refractivity contribution in [3.63, 3.8) is 0 Å². The van der Waals surface area contributed by atoms with Gasteiger partial charge in [-0.05, 0) is 30.7 Å².